The molecule has 0 N–H and O–H groups in total. The van der Waals surface area contributed by atoms with E-state index in [-0.39, 0.29) is 0 Å². The molecule has 3 heterocycles. The summed E-state index contributed by atoms with van der Waals surface area (Å²) in [6, 6.07) is 6.40. The molecule has 0 unspecified atom stereocenters. The van der Waals surface area contributed by atoms with Crippen molar-refractivity contribution in [1.82, 2.24) is 19.9 Å². The first kappa shape index (κ1) is 17.9. The molecule has 0 spiro atoms. The third-order valence-corrected chi connectivity index (χ3v) is 4.91. The van der Waals surface area contributed by atoms with Crippen LogP contribution in [0.25, 0.3) is 0 Å². The summed E-state index contributed by atoms with van der Waals surface area (Å²) in [4.78, 5) is 19.8. The minimum atomic E-state index is 0.504. The maximum absolute atomic E-state index is 5.85. The lowest BCUT2D eigenvalue weighted by atomic mass is 10.0. The Bertz CT molecular complexity index is 682. The molecular weight excluding hydrogens is 336 g/mol. The van der Waals surface area contributed by atoms with Gasteiger partial charge in [-0.25, -0.2) is 9.97 Å². The van der Waals surface area contributed by atoms with Gasteiger partial charge in [-0.3, -0.25) is 4.90 Å². The predicted octanol–water partition coefficient (Wildman–Crippen LogP) is 2.69. The molecule has 0 amide bonds. The topological polar surface area (TPSA) is 48.4 Å². The number of halogens is 1. The first-order valence-corrected chi connectivity index (χ1v) is 8.96. The normalized spacial score (nSPS) is 16.0. The van der Waals surface area contributed by atoms with Crippen molar-refractivity contribution in [2.75, 3.05) is 44.0 Å². The zero-order valence-corrected chi connectivity index (χ0v) is 15.8. The number of hydrogen-bond acceptors (Lipinski definition) is 6. The number of anilines is 2. The van der Waals surface area contributed by atoms with E-state index in [4.69, 9.17) is 11.6 Å². The van der Waals surface area contributed by atoms with Gasteiger partial charge >= 0.3 is 0 Å². The molecule has 134 valence electrons. The highest BCUT2D eigenvalue weighted by Gasteiger charge is 2.23. The summed E-state index contributed by atoms with van der Waals surface area (Å²) in [6.45, 7) is 3.07. The van der Waals surface area contributed by atoms with Crippen LogP contribution in [0.15, 0.2) is 30.6 Å². The molecule has 0 radical (unpaired) electrons. The molecule has 1 saturated heterocycles. The van der Waals surface area contributed by atoms with Gasteiger partial charge in [0.05, 0.1) is 0 Å². The third-order valence-electron chi connectivity index (χ3n) is 4.69. The molecule has 2 aromatic rings. The van der Waals surface area contributed by atoms with Gasteiger partial charge in [-0.2, -0.15) is 4.98 Å². The highest BCUT2D eigenvalue weighted by Crippen LogP contribution is 2.22. The third kappa shape index (κ3) is 4.58. The van der Waals surface area contributed by atoms with Crippen molar-refractivity contribution in [3.8, 4) is 0 Å². The van der Waals surface area contributed by atoms with Gasteiger partial charge < -0.3 is 9.80 Å². The van der Waals surface area contributed by atoms with Crippen molar-refractivity contribution in [3.63, 3.8) is 0 Å². The molecule has 0 aliphatic carbocycles. The van der Waals surface area contributed by atoms with Crippen LogP contribution in [-0.4, -0.2) is 60.1 Å². The number of rotatable bonds is 5. The van der Waals surface area contributed by atoms with Crippen molar-refractivity contribution in [1.29, 1.82) is 0 Å². The van der Waals surface area contributed by atoms with Crippen LogP contribution in [0.1, 0.15) is 18.4 Å². The lowest BCUT2D eigenvalue weighted by Gasteiger charge is -2.37. The Balaban J connectivity index is 1.56. The molecule has 25 heavy (non-hydrogen) atoms. The van der Waals surface area contributed by atoms with E-state index in [1.165, 1.54) is 5.56 Å². The Morgan fingerprint density at radius 3 is 2.52 bits per heavy atom. The average molecular weight is 361 g/mol. The van der Waals surface area contributed by atoms with Crippen molar-refractivity contribution in [2.24, 2.45) is 0 Å². The summed E-state index contributed by atoms with van der Waals surface area (Å²) < 4.78 is 0. The van der Waals surface area contributed by atoms with E-state index in [1.807, 2.05) is 43.5 Å². The number of pyridine rings is 1. The maximum Gasteiger partial charge on any atom is 0.226 e. The Morgan fingerprint density at radius 1 is 1.12 bits per heavy atom. The molecule has 3 rings (SSSR count). The van der Waals surface area contributed by atoms with Gasteiger partial charge in [0.25, 0.3) is 0 Å². The molecule has 0 saturated carbocycles. The van der Waals surface area contributed by atoms with Gasteiger partial charge in [-0.1, -0.05) is 17.7 Å². The largest absolute Gasteiger partial charge is 0.356 e. The lowest BCUT2D eigenvalue weighted by molar-refractivity contribution is 0.203. The van der Waals surface area contributed by atoms with Crippen molar-refractivity contribution in [2.45, 2.75) is 25.4 Å². The fraction of sp³-hybridized carbons (Fsp3) is 0.500. The van der Waals surface area contributed by atoms with Crippen LogP contribution in [0.5, 0.6) is 0 Å². The molecule has 2 aromatic heterocycles. The number of hydrogen-bond donors (Lipinski definition) is 0. The second-order valence-electron chi connectivity index (χ2n) is 6.72. The second kappa shape index (κ2) is 7.97. The second-order valence-corrected chi connectivity index (χ2v) is 7.10. The summed E-state index contributed by atoms with van der Waals surface area (Å²) in [6.07, 6.45) is 5.94. The Morgan fingerprint density at radius 2 is 1.88 bits per heavy atom. The molecule has 1 fully saturated rings. The zero-order valence-electron chi connectivity index (χ0n) is 15.1. The van der Waals surface area contributed by atoms with E-state index in [0.717, 1.165) is 44.2 Å². The van der Waals surface area contributed by atoms with Crippen molar-refractivity contribution >= 4 is 23.4 Å². The molecule has 0 aromatic carbocycles. The number of likely N-dealkylation sites (tertiary alicyclic amines) is 1. The zero-order chi connectivity index (χ0) is 17.8. The number of aromatic nitrogens is 3. The standard InChI is InChI=1S/C18H25ClN6/c1-23(2)18-20-9-6-17(22-18)24(3)15-7-10-25(11-8-15)13-14-4-5-16(19)21-12-14/h4-6,9,12,15H,7-8,10-11,13H2,1-3H3. The molecule has 7 heteroatoms. The first-order valence-electron chi connectivity index (χ1n) is 8.59. The fourth-order valence-corrected chi connectivity index (χ4v) is 3.27. The lowest BCUT2D eigenvalue weighted by Crippen LogP contribution is -2.43. The molecule has 6 nitrogen and oxygen atoms in total. The van der Waals surface area contributed by atoms with Crippen molar-refractivity contribution < 1.29 is 0 Å². The summed E-state index contributed by atoms with van der Waals surface area (Å²) in [5.74, 6) is 1.73. The van der Waals surface area contributed by atoms with E-state index in [2.05, 4.69) is 37.9 Å². The average Bonchev–Trinajstić information content (AvgIpc) is 2.64. The number of nitrogens with zero attached hydrogens (tertiary/aromatic N) is 6. The molecule has 1 aliphatic heterocycles. The van der Waals surface area contributed by atoms with Gasteiger partial charge in [0, 0.05) is 59.2 Å². The first-order chi connectivity index (χ1) is 12.0. The van der Waals surface area contributed by atoms with Crippen LogP contribution in [-0.2, 0) is 6.54 Å². The van der Waals surface area contributed by atoms with Crippen LogP contribution < -0.4 is 9.80 Å². The van der Waals surface area contributed by atoms with Gasteiger partial charge in [0.2, 0.25) is 5.95 Å². The van der Waals surface area contributed by atoms with Crippen LogP contribution in [0.3, 0.4) is 0 Å². The van der Waals surface area contributed by atoms with Crippen LogP contribution in [0.4, 0.5) is 11.8 Å². The van der Waals surface area contributed by atoms with E-state index in [0.29, 0.717) is 11.2 Å². The van der Waals surface area contributed by atoms with E-state index in [9.17, 15) is 0 Å². The van der Waals surface area contributed by atoms with Crippen LogP contribution in [0.2, 0.25) is 5.15 Å². The Labute approximate surface area is 154 Å². The van der Waals surface area contributed by atoms with E-state index < -0.39 is 0 Å². The molecular formula is C18H25ClN6. The summed E-state index contributed by atoms with van der Waals surface area (Å²) in [5.41, 5.74) is 1.21. The van der Waals surface area contributed by atoms with Crippen molar-refractivity contribution in [3.05, 3.63) is 41.3 Å². The predicted molar refractivity (Wildman–Crippen MR) is 102 cm³/mol. The van der Waals surface area contributed by atoms with Gasteiger partial charge in [-0.15, -0.1) is 0 Å². The van der Waals surface area contributed by atoms with Gasteiger partial charge in [0.15, 0.2) is 0 Å². The molecule has 0 bridgehead atoms. The highest BCUT2D eigenvalue weighted by molar-refractivity contribution is 6.29. The highest BCUT2D eigenvalue weighted by atomic mass is 35.5. The maximum atomic E-state index is 5.85. The quantitative estimate of drug-likeness (QED) is 0.764. The summed E-state index contributed by atoms with van der Waals surface area (Å²) >= 11 is 5.85. The fourth-order valence-electron chi connectivity index (χ4n) is 3.16. The van der Waals surface area contributed by atoms with Gasteiger partial charge in [-0.05, 0) is 30.5 Å². The van der Waals surface area contributed by atoms with E-state index in [1.54, 1.807) is 0 Å². The van der Waals surface area contributed by atoms with E-state index >= 15 is 0 Å². The minimum Gasteiger partial charge on any atom is -0.356 e. The SMILES string of the molecule is CN(C)c1nccc(N(C)C2CCN(Cc3ccc(Cl)nc3)CC2)n1. The smallest absolute Gasteiger partial charge is 0.226 e. The molecule has 1 aliphatic rings. The van der Waals surface area contributed by atoms with Crippen LogP contribution >= 0.6 is 11.6 Å². The monoisotopic (exact) mass is 360 g/mol. The van der Waals surface area contributed by atoms with Gasteiger partial charge in [0.1, 0.15) is 11.0 Å². The number of piperidine rings is 1. The Hall–Kier alpha value is -1.92. The summed E-state index contributed by atoms with van der Waals surface area (Å²) in [5, 5.41) is 0.547. The van der Waals surface area contributed by atoms with Crippen LogP contribution in [0, 0.1) is 0 Å². The summed E-state index contributed by atoms with van der Waals surface area (Å²) in [7, 11) is 6.05. The molecule has 0 atom stereocenters. The Kier molecular flexibility index (Phi) is 5.71. The minimum absolute atomic E-state index is 0.504.